The van der Waals surface area contributed by atoms with Crippen molar-refractivity contribution in [2.75, 3.05) is 25.5 Å². The van der Waals surface area contributed by atoms with Crippen LogP contribution in [-0.2, 0) is 4.79 Å². The molecule has 0 aliphatic rings. The predicted molar refractivity (Wildman–Crippen MR) is 79.1 cm³/mol. The van der Waals surface area contributed by atoms with E-state index >= 15 is 0 Å². The fourth-order valence-electron chi connectivity index (χ4n) is 2.11. The van der Waals surface area contributed by atoms with Crippen LogP contribution < -0.4 is 4.90 Å². The molecule has 0 aliphatic heterocycles. The van der Waals surface area contributed by atoms with Crippen molar-refractivity contribution in [1.82, 2.24) is 4.90 Å². The van der Waals surface area contributed by atoms with Gasteiger partial charge >= 0.3 is 12.0 Å². The number of carbonyl (C=O) groups excluding carboxylic acids is 1. The molecule has 0 aliphatic carbocycles. The summed E-state index contributed by atoms with van der Waals surface area (Å²) in [5, 5.41) is 8.89. The lowest BCUT2D eigenvalue weighted by molar-refractivity contribution is -0.141. The molecule has 5 nitrogen and oxygen atoms in total. The van der Waals surface area contributed by atoms with Crippen LogP contribution in [0.4, 0.5) is 10.5 Å². The summed E-state index contributed by atoms with van der Waals surface area (Å²) in [4.78, 5) is 26.1. The van der Waals surface area contributed by atoms with Gasteiger partial charge in [-0.15, -0.1) is 0 Å². The molecule has 0 fully saturated rings. The Morgan fingerprint density at radius 3 is 2.35 bits per heavy atom. The summed E-state index contributed by atoms with van der Waals surface area (Å²) < 4.78 is 0. The first-order valence-corrected chi connectivity index (χ1v) is 6.53. The van der Waals surface area contributed by atoms with Crippen molar-refractivity contribution in [2.24, 2.45) is 5.92 Å². The van der Waals surface area contributed by atoms with E-state index in [2.05, 4.69) is 0 Å². The Hall–Kier alpha value is -2.04. The number of carboxylic acid groups (broad SMARTS) is 1. The van der Waals surface area contributed by atoms with E-state index < -0.39 is 11.9 Å². The minimum atomic E-state index is -0.904. The van der Waals surface area contributed by atoms with Gasteiger partial charge in [0, 0.05) is 26.3 Å². The Labute approximate surface area is 119 Å². The average Bonchev–Trinajstić information content (AvgIpc) is 2.36. The van der Waals surface area contributed by atoms with Crippen molar-refractivity contribution < 1.29 is 14.7 Å². The van der Waals surface area contributed by atoms with Gasteiger partial charge in [-0.1, -0.05) is 24.6 Å². The van der Waals surface area contributed by atoms with Gasteiger partial charge in [-0.2, -0.15) is 0 Å². The highest BCUT2D eigenvalue weighted by molar-refractivity contribution is 5.92. The predicted octanol–water partition coefficient (Wildman–Crippen LogP) is 2.51. The van der Waals surface area contributed by atoms with Crippen molar-refractivity contribution in [2.45, 2.75) is 20.8 Å². The summed E-state index contributed by atoms with van der Waals surface area (Å²) in [6.45, 7) is 5.72. The van der Waals surface area contributed by atoms with E-state index in [1.807, 2.05) is 32.0 Å². The maximum atomic E-state index is 12.3. The highest BCUT2D eigenvalue weighted by Crippen LogP contribution is 2.21. The van der Waals surface area contributed by atoms with Crippen LogP contribution in [-0.4, -0.2) is 42.6 Å². The topological polar surface area (TPSA) is 60.9 Å². The summed E-state index contributed by atoms with van der Waals surface area (Å²) in [6.07, 6.45) is 0. The smallest absolute Gasteiger partial charge is 0.323 e. The van der Waals surface area contributed by atoms with Crippen LogP contribution in [0, 0.1) is 19.8 Å². The van der Waals surface area contributed by atoms with Gasteiger partial charge in [0.05, 0.1) is 5.92 Å². The number of urea groups is 1. The normalized spacial score (nSPS) is 11.8. The highest BCUT2D eigenvalue weighted by atomic mass is 16.4. The van der Waals surface area contributed by atoms with Gasteiger partial charge in [-0.25, -0.2) is 4.79 Å². The molecule has 1 rings (SSSR count). The van der Waals surface area contributed by atoms with Gasteiger partial charge in [-0.3, -0.25) is 9.69 Å². The minimum Gasteiger partial charge on any atom is -0.481 e. The zero-order valence-electron chi connectivity index (χ0n) is 12.7. The molecule has 1 aromatic carbocycles. The van der Waals surface area contributed by atoms with Crippen molar-refractivity contribution in [3.8, 4) is 0 Å². The maximum absolute atomic E-state index is 12.3. The van der Waals surface area contributed by atoms with Crippen molar-refractivity contribution in [3.05, 3.63) is 29.3 Å². The van der Waals surface area contributed by atoms with Gasteiger partial charge in [0.1, 0.15) is 0 Å². The summed E-state index contributed by atoms with van der Waals surface area (Å²) in [5.41, 5.74) is 2.98. The number of rotatable bonds is 4. The third-order valence-corrected chi connectivity index (χ3v) is 3.30. The molecule has 0 spiro atoms. The number of hydrogen-bond acceptors (Lipinski definition) is 2. The van der Waals surface area contributed by atoms with Crippen LogP contribution in [0.5, 0.6) is 0 Å². The van der Waals surface area contributed by atoms with E-state index in [4.69, 9.17) is 5.11 Å². The Balaban J connectivity index is 2.83. The summed E-state index contributed by atoms with van der Waals surface area (Å²) in [5.74, 6) is -1.49. The number of hydrogen-bond donors (Lipinski definition) is 1. The van der Waals surface area contributed by atoms with Gasteiger partial charge in [0.2, 0.25) is 0 Å². The maximum Gasteiger partial charge on any atom is 0.323 e. The third-order valence-electron chi connectivity index (χ3n) is 3.30. The number of aliphatic carboxylic acids is 1. The van der Waals surface area contributed by atoms with E-state index in [0.717, 1.165) is 16.8 Å². The lowest BCUT2D eigenvalue weighted by atomic mass is 10.1. The first-order chi connectivity index (χ1) is 9.23. The fraction of sp³-hybridized carbons (Fsp3) is 0.467. The number of carbonyl (C=O) groups is 2. The zero-order valence-corrected chi connectivity index (χ0v) is 12.7. The summed E-state index contributed by atoms with van der Waals surface area (Å²) in [6, 6.07) is 5.65. The van der Waals surface area contributed by atoms with Crippen LogP contribution in [0.25, 0.3) is 0 Å². The van der Waals surface area contributed by atoms with Crippen molar-refractivity contribution in [3.63, 3.8) is 0 Å². The molecule has 1 atom stereocenters. The summed E-state index contributed by atoms with van der Waals surface area (Å²) in [7, 11) is 3.31. The number of aryl methyl sites for hydroxylation is 2. The second-order valence-electron chi connectivity index (χ2n) is 5.25. The van der Waals surface area contributed by atoms with E-state index in [-0.39, 0.29) is 12.6 Å². The average molecular weight is 278 g/mol. The second-order valence-corrected chi connectivity index (χ2v) is 5.25. The van der Waals surface area contributed by atoms with E-state index in [1.165, 1.54) is 4.90 Å². The summed E-state index contributed by atoms with van der Waals surface area (Å²) >= 11 is 0. The third kappa shape index (κ3) is 3.73. The van der Waals surface area contributed by atoms with E-state index in [1.54, 1.807) is 25.9 Å². The second kappa shape index (κ2) is 6.41. The van der Waals surface area contributed by atoms with Gasteiger partial charge in [0.15, 0.2) is 0 Å². The molecule has 0 bridgehead atoms. The van der Waals surface area contributed by atoms with Crippen LogP contribution in [0.15, 0.2) is 18.2 Å². The molecule has 20 heavy (non-hydrogen) atoms. The van der Waals surface area contributed by atoms with E-state index in [0.29, 0.717) is 0 Å². The lowest BCUT2D eigenvalue weighted by Gasteiger charge is -2.27. The minimum absolute atomic E-state index is 0.184. The van der Waals surface area contributed by atoms with Crippen LogP contribution in [0.2, 0.25) is 0 Å². The number of nitrogens with zero attached hydrogens (tertiary/aromatic N) is 2. The Morgan fingerprint density at radius 2 is 1.85 bits per heavy atom. The van der Waals surface area contributed by atoms with Gasteiger partial charge < -0.3 is 10.0 Å². The van der Waals surface area contributed by atoms with Gasteiger partial charge in [0.25, 0.3) is 0 Å². The molecule has 1 aromatic rings. The van der Waals surface area contributed by atoms with Crippen molar-refractivity contribution >= 4 is 17.7 Å². The molecule has 2 amide bonds. The van der Waals surface area contributed by atoms with Crippen LogP contribution >= 0.6 is 0 Å². The molecule has 110 valence electrons. The first kappa shape index (κ1) is 16.0. The molecule has 1 N–H and O–H groups in total. The molecule has 0 heterocycles. The molecular formula is C15H22N2O3. The number of benzene rings is 1. The molecule has 0 radical (unpaired) electrons. The SMILES string of the molecule is Cc1ccc(N(C)C(=O)N(C)CC(C)C(=O)O)c(C)c1. The molecule has 0 saturated heterocycles. The lowest BCUT2D eigenvalue weighted by Crippen LogP contribution is -2.42. The Kier molecular flexibility index (Phi) is 5.13. The largest absolute Gasteiger partial charge is 0.481 e. The number of amides is 2. The zero-order chi connectivity index (χ0) is 15.4. The molecule has 0 saturated carbocycles. The van der Waals surface area contributed by atoms with Crippen LogP contribution in [0.3, 0.4) is 0 Å². The number of carboxylic acids is 1. The standard InChI is InChI=1S/C15H22N2O3/c1-10-6-7-13(11(2)8-10)17(5)15(20)16(4)9-12(3)14(18)19/h6-8,12H,9H2,1-5H3,(H,18,19). The monoisotopic (exact) mass is 278 g/mol. The molecule has 0 aromatic heterocycles. The highest BCUT2D eigenvalue weighted by Gasteiger charge is 2.21. The first-order valence-electron chi connectivity index (χ1n) is 6.53. The number of anilines is 1. The van der Waals surface area contributed by atoms with E-state index in [9.17, 15) is 9.59 Å². The van der Waals surface area contributed by atoms with Crippen LogP contribution in [0.1, 0.15) is 18.1 Å². The Morgan fingerprint density at radius 1 is 1.25 bits per heavy atom. The Bertz CT molecular complexity index is 514. The molecular weight excluding hydrogens is 256 g/mol. The quantitative estimate of drug-likeness (QED) is 0.920. The van der Waals surface area contributed by atoms with Crippen molar-refractivity contribution in [1.29, 1.82) is 0 Å². The molecule has 5 heteroatoms. The molecule has 1 unspecified atom stereocenters. The fourth-order valence-corrected chi connectivity index (χ4v) is 2.11. The van der Waals surface area contributed by atoms with Gasteiger partial charge in [-0.05, 0) is 25.5 Å².